The lowest BCUT2D eigenvalue weighted by atomic mass is 10.1. The summed E-state index contributed by atoms with van der Waals surface area (Å²) >= 11 is 0. The molecule has 2 aliphatic rings. The molecule has 1 saturated heterocycles. The van der Waals surface area contributed by atoms with Crippen molar-refractivity contribution in [2.24, 2.45) is 0 Å². The fourth-order valence-corrected chi connectivity index (χ4v) is 4.49. The Morgan fingerprint density at radius 2 is 2.06 bits per heavy atom. The van der Waals surface area contributed by atoms with Gasteiger partial charge in [0.25, 0.3) is 5.91 Å². The van der Waals surface area contributed by atoms with E-state index in [1.54, 1.807) is 22.9 Å². The number of carbonyl (C=O) groups is 2. The number of hydrogen-bond donors (Lipinski definition) is 2. The van der Waals surface area contributed by atoms with Crippen LogP contribution in [0.15, 0.2) is 42.1 Å². The van der Waals surface area contributed by atoms with Gasteiger partial charge in [-0.2, -0.15) is 9.61 Å². The average molecular weight is 452 g/mol. The molecule has 0 spiro atoms. The predicted molar refractivity (Wildman–Crippen MR) is 119 cm³/mol. The standard InChI is InChI=1S/C22H21N5O4S/c1-32(30,31)12-13-3-2-4-14(7-13)18-10-19(24-17-5-6-17)27-21(25-18)16(11-23-27)8-15-9-20(28)26-22(15)29/h2-4,7-8,10-11,17,24H,5-6,9,12H2,1H3,(H,26,28,29)/b15-8+. The monoisotopic (exact) mass is 451 g/mol. The Hall–Kier alpha value is -3.53. The quantitative estimate of drug-likeness (QED) is 0.434. The first-order chi connectivity index (χ1) is 15.2. The summed E-state index contributed by atoms with van der Waals surface area (Å²) in [7, 11) is -3.17. The number of aromatic nitrogens is 3. The molecule has 9 nitrogen and oxygen atoms in total. The largest absolute Gasteiger partial charge is 0.367 e. The van der Waals surface area contributed by atoms with E-state index in [1.807, 2.05) is 24.3 Å². The van der Waals surface area contributed by atoms with Gasteiger partial charge in [0.05, 0.1) is 24.1 Å². The van der Waals surface area contributed by atoms with Gasteiger partial charge in [-0.05, 0) is 30.5 Å². The van der Waals surface area contributed by atoms with E-state index in [1.165, 1.54) is 6.26 Å². The molecule has 1 aromatic carbocycles. The van der Waals surface area contributed by atoms with Crippen molar-refractivity contribution in [3.63, 3.8) is 0 Å². The molecule has 2 fully saturated rings. The maximum Gasteiger partial charge on any atom is 0.254 e. The topological polar surface area (TPSA) is 123 Å². The highest BCUT2D eigenvalue weighted by atomic mass is 32.2. The maximum absolute atomic E-state index is 12.0. The number of rotatable bonds is 6. The molecule has 2 aromatic heterocycles. The van der Waals surface area contributed by atoms with Gasteiger partial charge in [0, 0.05) is 35.1 Å². The van der Waals surface area contributed by atoms with E-state index < -0.39 is 15.7 Å². The van der Waals surface area contributed by atoms with E-state index >= 15 is 0 Å². The Balaban J connectivity index is 1.62. The minimum absolute atomic E-state index is 0.0244. The summed E-state index contributed by atoms with van der Waals surface area (Å²) in [4.78, 5) is 28.3. The highest BCUT2D eigenvalue weighted by molar-refractivity contribution is 7.89. The Morgan fingerprint density at radius 1 is 1.25 bits per heavy atom. The van der Waals surface area contributed by atoms with Gasteiger partial charge in [0.15, 0.2) is 15.5 Å². The van der Waals surface area contributed by atoms with Gasteiger partial charge in [-0.15, -0.1) is 0 Å². The van der Waals surface area contributed by atoms with Gasteiger partial charge in [-0.3, -0.25) is 14.9 Å². The van der Waals surface area contributed by atoms with Crippen LogP contribution < -0.4 is 10.6 Å². The molecule has 3 heterocycles. The van der Waals surface area contributed by atoms with E-state index in [4.69, 9.17) is 4.98 Å². The molecule has 32 heavy (non-hydrogen) atoms. The summed E-state index contributed by atoms with van der Waals surface area (Å²) in [5, 5.41) is 10.2. The smallest absolute Gasteiger partial charge is 0.254 e. The molecule has 5 rings (SSSR count). The molecule has 2 N–H and O–H groups in total. The fraction of sp³-hybridized carbons (Fsp3) is 0.273. The van der Waals surface area contributed by atoms with Crippen molar-refractivity contribution < 1.29 is 18.0 Å². The predicted octanol–water partition coefficient (Wildman–Crippen LogP) is 1.95. The van der Waals surface area contributed by atoms with Crippen LogP contribution in [0.1, 0.15) is 30.4 Å². The highest BCUT2D eigenvalue weighted by Gasteiger charge is 2.26. The number of benzene rings is 1. The molecule has 1 aliphatic carbocycles. The van der Waals surface area contributed by atoms with Gasteiger partial charge < -0.3 is 5.32 Å². The first-order valence-electron chi connectivity index (χ1n) is 10.2. The molecule has 164 valence electrons. The number of hydrogen-bond acceptors (Lipinski definition) is 7. The summed E-state index contributed by atoms with van der Waals surface area (Å²) in [6, 6.07) is 9.54. The second kappa shape index (κ2) is 7.56. The van der Waals surface area contributed by atoms with Crippen molar-refractivity contribution in [1.29, 1.82) is 0 Å². The van der Waals surface area contributed by atoms with Crippen molar-refractivity contribution in [2.45, 2.75) is 31.1 Å². The number of anilines is 1. The Kier molecular flexibility index (Phi) is 4.81. The van der Waals surface area contributed by atoms with Crippen LogP contribution in [0.25, 0.3) is 23.0 Å². The van der Waals surface area contributed by atoms with E-state index in [0.717, 1.165) is 24.2 Å². The third-order valence-corrected chi connectivity index (χ3v) is 6.16. The van der Waals surface area contributed by atoms with Gasteiger partial charge >= 0.3 is 0 Å². The fourth-order valence-electron chi connectivity index (χ4n) is 3.70. The highest BCUT2D eigenvalue weighted by Crippen LogP contribution is 2.30. The lowest BCUT2D eigenvalue weighted by molar-refractivity contribution is -0.124. The summed E-state index contributed by atoms with van der Waals surface area (Å²) < 4.78 is 25.1. The third kappa shape index (κ3) is 4.26. The third-order valence-electron chi connectivity index (χ3n) is 5.31. The molecule has 0 radical (unpaired) electrons. The van der Waals surface area contributed by atoms with E-state index in [-0.39, 0.29) is 18.1 Å². The zero-order valence-electron chi connectivity index (χ0n) is 17.3. The van der Waals surface area contributed by atoms with Crippen LogP contribution in [0.2, 0.25) is 0 Å². The van der Waals surface area contributed by atoms with Crippen molar-refractivity contribution >= 4 is 39.2 Å². The summed E-state index contributed by atoms with van der Waals surface area (Å²) in [6.07, 6.45) is 6.63. The molecule has 0 atom stereocenters. The Morgan fingerprint density at radius 3 is 2.75 bits per heavy atom. The molecule has 2 amide bonds. The molecule has 0 unspecified atom stereocenters. The zero-order valence-corrected chi connectivity index (χ0v) is 18.1. The van der Waals surface area contributed by atoms with Crippen LogP contribution in [-0.4, -0.2) is 47.1 Å². The van der Waals surface area contributed by atoms with Crippen LogP contribution in [0.5, 0.6) is 0 Å². The number of imide groups is 1. The first-order valence-corrected chi connectivity index (χ1v) is 12.3. The van der Waals surface area contributed by atoms with Crippen LogP contribution in [0.3, 0.4) is 0 Å². The zero-order chi connectivity index (χ0) is 22.5. The lowest BCUT2D eigenvalue weighted by Gasteiger charge is -2.11. The number of amides is 2. The van der Waals surface area contributed by atoms with Crippen molar-refractivity contribution in [3.05, 3.63) is 53.2 Å². The molecule has 0 bridgehead atoms. The lowest BCUT2D eigenvalue weighted by Crippen LogP contribution is -2.19. The molecule has 1 saturated carbocycles. The Bertz CT molecular complexity index is 1400. The van der Waals surface area contributed by atoms with Gasteiger partial charge in [-0.1, -0.05) is 18.2 Å². The number of carbonyl (C=O) groups excluding carboxylic acids is 2. The van der Waals surface area contributed by atoms with Crippen LogP contribution in [-0.2, 0) is 25.2 Å². The molecule has 3 aromatic rings. The van der Waals surface area contributed by atoms with Crippen molar-refractivity contribution in [2.75, 3.05) is 11.6 Å². The average Bonchev–Trinajstić information content (AvgIpc) is 3.35. The molecule has 10 heteroatoms. The van der Waals surface area contributed by atoms with Crippen LogP contribution >= 0.6 is 0 Å². The Labute approximate surface area is 184 Å². The normalized spacial score (nSPS) is 17.8. The van der Waals surface area contributed by atoms with E-state index in [0.29, 0.717) is 34.1 Å². The number of fused-ring (bicyclic) bond motifs is 1. The van der Waals surface area contributed by atoms with Crippen LogP contribution in [0, 0.1) is 0 Å². The second-order valence-corrected chi connectivity index (χ2v) is 10.4. The van der Waals surface area contributed by atoms with E-state index in [2.05, 4.69) is 15.7 Å². The second-order valence-electron chi connectivity index (χ2n) is 8.27. The molecular weight excluding hydrogens is 430 g/mol. The van der Waals surface area contributed by atoms with Crippen LogP contribution in [0.4, 0.5) is 5.82 Å². The van der Waals surface area contributed by atoms with Crippen molar-refractivity contribution in [3.8, 4) is 11.3 Å². The minimum Gasteiger partial charge on any atom is -0.367 e. The SMILES string of the molecule is CS(=O)(=O)Cc1cccc(-c2cc(NC3CC3)n3ncc(/C=C4\CC(=O)NC4=O)c3n2)c1. The molecular formula is C22H21N5O4S. The van der Waals surface area contributed by atoms with Gasteiger partial charge in [0.2, 0.25) is 5.91 Å². The molecule has 1 aliphatic heterocycles. The van der Waals surface area contributed by atoms with Gasteiger partial charge in [0.1, 0.15) is 5.82 Å². The summed E-state index contributed by atoms with van der Waals surface area (Å²) in [6.45, 7) is 0. The van der Waals surface area contributed by atoms with E-state index in [9.17, 15) is 18.0 Å². The summed E-state index contributed by atoms with van der Waals surface area (Å²) in [5.74, 6) is -0.0261. The minimum atomic E-state index is -3.17. The van der Waals surface area contributed by atoms with Gasteiger partial charge in [-0.25, -0.2) is 13.4 Å². The summed E-state index contributed by atoms with van der Waals surface area (Å²) in [5.41, 5.74) is 3.64. The number of nitrogens with one attached hydrogen (secondary N) is 2. The van der Waals surface area contributed by atoms with Crippen molar-refractivity contribution in [1.82, 2.24) is 19.9 Å². The number of nitrogens with zero attached hydrogens (tertiary/aromatic N) is 3. The maximum atomic E-state index is 12.0. The number of sulfone groups is 1. The first kappa shape index (κ1) is 20.4.